The highest BCUT2D eigenvalue weighted by Gasteiger charge is 2.40. The number of hydrogen-bond donors (Lipinski definition) is 1. The lowest BCUT2D eigenvalue weighted by atomic mass is 9.82. The molecule has 0 saturated carbocycles. The summed E-state index contributed by atoms with van der Waals surface area (Å²) in [4.78, 5) is 26.5. The van der Waals surface area contributed by atoms with Crippen molar-refractivity contribution < 1.29 is 23.8 Å². The summed E-state index contributed by atoms with van der Waals surface area (Å²) in [6.07, 6.45) is 1.20. The van der Waals surface area contributed by atoms with Gasteiger partial charge in [0, 0.05) is 24.0 Å². The molecule has 1 atom stereocenters. The highest BCUT2D eigenvalue weighted by atomic mass is 16.5. The fourth-order valence-electron chi connectivity index (χ4n) is 3.82. The molecule has 1 amide bonds. The van der Waals surface area contributed by atoms with E-state index in [1.54, 1.807) is 11.8 Å². The number of carboxylic acids is 1. The number of rotatable bonds is 5. The summed E-state index contributed by atoms with van der Waals surface area (Å²) in [7, 11) is 0. The third-order valence-corrected chi connectivity index (χ3v) is 5.52. The van der Waals surface area contributed by atoms with Gasteiger partial charge < -0.3 is 19.2 Å². The van der Waals surface area contributed by atoms with Gasteiger partial charge in [0.25, 0.3) is 5.91 Å². The molecule has 1 aliphatic rings. The van der Waals surface area contributed by atoms with Crippen LogP contribution in [0.5, 0.6) is 5.75 Å². The van der Waals surface area contributed by atoms with E-state index in [4.69, 9.17) is 9.15 Å². The van der Waals surface area contributed by atoms with Crippen LogP contribution >= 0.6 is 0 Å². The predicted octanol–water partition coefficient (Wildman–Crippen LogP) is 4.34. The Labute approximate surface area is 168 Å². The molecule has 6 heteroatoms. The first-order valence-corrected chi connectivity index (χ1v) is 9.69. The number of likely N-dealkylation sites (tertiary alicyclic amines) is 1. The number of amides is 1. The van der Waals surface area contributed by atoms with Crippen molar-refractivity contribution in [3.63, 3.8) is 0 Å². The topological polar surface area (TPSA) is 80.0 Å². The molecule has 1 aliphatic heterocycles. The van der Waals surface area contributed by atoms with Crippen LogP contribution in [0.1, 0.15) is 35.9 Å². The number of aliphatic carboxylic acids is 1. The van der Waals surface area contributed by atoms with Crippen LogP contribution in [0.15, 0.2) is 59.0 Å². The molecule has 2 heterocycles. The number of carbonyl (C=O) groups excluding carboxylic acids is 1. The minimum Gasteiger partial charge on any atom is -0.489 e. The number of hydrogen-bond acceptors (Lipinski definition) is 4. The lowest BCUT2D eigenvalue weighted by molar-refractivity contribution is -0.150. The molecule has 6 nitrogen and oxygen atoms in total. The Hall–Kier alpha value is -3.28. The van der Waals surface area contributed by atoms with Crippen molar-refractivity contribution in [3.8, 4) is 5.75 Å². The Kier molecular flexibility index (Phi) is 5.01. The van der Waals surface area contributed by atoms with Crippen LogP contribution in [0.3, 0.4) is 0 Å². The van der Waals surface area contributed by atoms with Crippen LogP contribution in [0, 0.1) is 5.41 Å². The maximum Gasteiger partial charge on any atom is 0.311 e. The Morgan fingerprint density at radius 1 is 1.14 bits per heavy atom. The largest absolute Gasteiger partial charge is 0.489 e. The van der Waals surface area contributed by atoms with Gasteiger partial charge in [0.1, 0.15) is 17.9 Å². The zero-order chi connectivity index (χ0) is 20.4. The smallest absolute Gasteiger partial charge is 0.311 e. The van der Waals surface area contributed by atoms with Crippen LogP contribution in [0.4, 0.5) is 0 Å². The van der Waals surface area contributed by atoms with Crippen molar-refractivity contribution >= 4 is 22.8 Å². The average molecular weight is 393 g/mol. The molecule has 0 spiro atoms. The summed E-state index contributed by atoms with van der Waals surface area (Å²) in [5, 5.41) is 10.4. The molecule has 0 aliphatic carbocycles. The van der Waals surface area contributed by atoms with Gasteiger partial charge in [-0.2, -0.15) is 0 Å². The monoisotopic (exact) mass is 393 g/mol. The van der Waals surface area contributed by atoms with E-state index >= 15 is 0 Å². The molecule has 3 aromatic rings. The molecule has 1 aromatic heterocycles. The Morgan fingerprint density at radius 2 is 1.86 bits per heavy atom. The van der Waals surface area contributed by atoms with E-state index in [-0.39, 0.29) is 24.8 Å². The zero-order valence-electron chi connectivity index (χ0n) is 16.3. The van der Waals surface area contributed by atoms with Crippen LogP contribution in [-0.4, -0.2) is 35.0 Å². The summed E-state index contributed by atoms with van der Waals surface area (Å²) in [5.74, 6) is -0.253. The van der Waals surface area contributed by atoms with Crippen LogP contribution in [0.25, 0.3) is 11.0 Å². The molecule has 1 fully saturated rings. The molecular weight excluding hydrogens is 370 g/mol. The van der Waals surface area contributed by atoms with E-state index in [2.05, 4.69) is 0 Å². The van der Waals surface area contributed by atoms with Crippen LogP contribution < -0.4 is 4.74 Å². The maximum atomic E-state index is 13.3. The van der Waals surface area contributed by atoms with Gasteiger partial charge in [0.15, 0.2) is 5.76 Å². The molecule has 2 aromatic carbocycles. The fourth-order valence-corrected chi connectivity index (χ4v) is 3.82. The molecule has 1 unspecified atom stereocenters. The Bertz CT molecular complexity index is 1040. The van der Waals surface area contributed by atoms with E-state index in [0.717, 1.165) is 5.39 Å². The summed E-state index contributed by atoms with van der Waals surface area (Å²) < 4.78 is 11.8. The van der Waals surface area contributed by atoms with Gasteiger partial charge >= 0.3 is 5.97 Å². The Balaban J connectivity index is 1.65. The van der Waals surface area contributed by atoms with E-state index < -0.39 is 11.4 Å². The predicted molar refractivity (Wildman–Crippen MR) is 108 cm³/mol. The van der Waals surface area contributed by atoms with E-state index in [1.165, 1.54) is 0 Å². The first-order chi connectivity index (χ1) is 14.0. The molecule has 0 bridgehead atoms. The van der Waals surface area contributed by atoms with E-state index in [9.17, 15) is 14.7 Å². The third-order valence-electron chi connectivity index (χ3n) is 5.52. The normalized spacial score (nSPS) is 19.3. The lowest BCUT2D eigenvalue weighted by Gasteiger charge is -2.37. The van der Waals surface area contributed by atoms with Gasteiger partial charge in [-0.05, 0) is 38.0 Å². The van der Waals surface area contributed by atoms with Crippen molar-refractivity contribution in [2.24, 2.45) is 5.41 Å². The second kappa shape index (κ2) is 7.62. The SMILES string of the molecule is CC1(C(=O)O)CCCN(C(=O)c2oc3ccccc3c2COc2ccccc2)C1. The average Bonchev–Trinajstić information content (AvgIpc) is 3.11. The number of para-hydroxylation sites is 2. The minimum absolute atomic E-state index is 0.164. The Morgan fingerprint density at radius 3 is 2.62 bits per heavy atom. The van der Waals surface area contributed by atoms with Gasteiger partial charge in [0.2, 0.25) is 0 Å². The van der Waals surface area contributed by atoms with Crippen molar-refractivity contribution in [1.82, 2.24) is 4.90 Å². The number of carboxylic acid groups (broad SMARTS) is 1. The van der Waals surface area contributed by atoms with Gasteiger partial charge in [-0.15, -0.1) is 0 Å². The highest BCUT2D eigenvalue weighted by Crippen LogP contribution is 2.33. The molecule has 4 rings (SSSR count). The first-order valence-electron chi connectivity index (χ1n) is 9.69. The summed E-state index contributed by atoms with van der Waals surface area (Å²) in [6.45, 7) is 2.55. The van der Waals surface area contributed by atoms with Gasteiger partial charge in [-0.25, -0.2) is 0 Å². The minimum atomic E-state index is -0.944. The summed E-state index contributed by atoms with van der Waals surface area (Å²) in [6, 6.07) is 16.8. The van der Waals surface area contributed by atoms with Gasteiger partial charge in [-0.3, -0.25) is 9.59 Å². The number of nitrogens with zero attached hydrogens (tertiary/aromatic N) is 1. The number of carbonyl (C=O) groups is 2. The van der Waals surface area contributed by atoms with Gasteiger partial charge in [0.05, 0.1) is 5.41 Å². The quantitative estimate of drug-likeness (QED) is 0.698. The lowest BCUT2D eigenvalue weighted by Crippen LogP contribution is -2.48. The van der Waals surface area contributed by atoms with Crippen molar-refractivity contribution in [2.45, 2.75) is 26.4 Å². The van der Waals surface area contributed by atoms with Crippen LogP contribution in [-0.2, 0) is 11.4 Å². The second-order valence-corrected chi connectivity index (χ2v) is 7.70. The summed E-state index contributed by atoms with van der Waals surface area (Å²) in [5.41, 5.74) is 0.346. The number of piperidine rings is 1. The third kappa shape index (κ3) is 3.70. The maximum absolute atomic E-state index is 13.3. The first kappa shape index (κ1) is 19.1. The van der Waals surface area contributed by atoms with Crippen molar-refractivity contribution in [2.75, 3.05) is 13.1 Å². The molecular formula is C23H23NO5. The highest BCUT2D eigenvalue weighted by molar-refractivity contribution is 5.99. The number of benzene rings is 2. The van der Waals surface area contributed by atoms with Crippen molar-refractivity contribution in [1.29, 1.82) is 0 Å². The molecule has 150 valence electrons. The van der Waals surface area contributed by atoms with Crippen LogP contribution in [0.2, 0.25) is 0 Å². The fraction of sp³-hybridized carbons (Fsp3) is 0.304. The summed E-state index contributed by atoms with van der Waals surface area (Å²) >= 11 is 0. The van der Waals surface area contributed by atoms with Gasteiger partial charge in [-0.1, -0.05) is 36.4 Å². The number of fused-ring (bicyclic) bond motifs is 1. The zero-order valence-corrected chi connectivity index (χ0v) is 16.3. The number of furan rings is 1. The standard InChI is InChI=1S/C23H23NO5/c1-23(22(26)27)12-7-13-24(15-23)21(25)20-18(14-28-16-8-3-2-4-9-16)17-10-5-6-11-19(17)29-20/h2-6,8-11H,7,12-15H2,1H3,(H,26,27). The second-order valence-electron chi connectivity index (χ2n) is 7.70. The van der Waals surface area contributed by atoms with Crippen molar-refractivity contribution in [3.05, 3.63) is 65.9 Å². The van der Waals surface area contributed by atoms with E-state index in [1.807, 2.05) is 54.6 Å². The number of ether oxygens (including phenoxy) is 1. The molecule has 1 saturated heterocycles. The van der Waals surface area contributed by atoms with E-state index in [0.29, 0.717) is 36.3 Å². The molecule has 0 radical (unpaired) electrons. The molecule has 1 N–H and O–H groups in total. The molecule has 29 heavy (non-hydrogen) atoms.